The van der Waals surface area contributed by atoms with Crippen molar-refractivity contribution >= 4 is 5.91 Å². The Morgan fingerprint density at radius 1 is 0.387 bits per heavy atom. The molecule has 0 aliphatic rings. The van der Waals surface area contributed by atoms with Crippen LogP contribution >= 0.6 is 0 Å². The number of nitrogens with one attached hydrogen (secondary N) is 1. The minimum Gasteiger partial charge on any atom is -0.394 e. The minimum absolute atomic E-state index is 0.0305. The second-order valence-electron chi connectivity index (χ2n) is 19.7. The lowest BCUT2D eigenvalue weighted by atomic mass is 10.0. The van der Waals surface area contributed by atoms with Crippen molar-refractivity contribution in [3.05, 3.63) is 24.3 Å². The van der Waals surface area contributed by atoms with Crippen LogP contribution in [0.3, 0.4) is 0 Å². The van der Waals surface area contributed by atoms with Crippen LogP contribution < -0.4 is 5.32 Å². The molecule has 0 spiro atoms. The van der Waals surface area contributed by atoms with Crippen molar-refractivity contribution in [2.75, 3.05) is 6.61 Å². The van der Waals surface area contributed by atoms with E-state index in [-0.39, 0.29) is 12.5 Å². The molecule has 0 bridgehead atoms. The second-order valence-corrected chi connectivity index (χ2v) is 19.7. The van der Waals surface area contributed by atoms with E-state index in [0.29, 0.717) is 12.8 Å². The van der Waals surface area contributed by atoms with E-state index in [1.165, 1.54) is 263 Å². The van der Waals surface area contributed by atoms with Crippen molar-refractivity contribution in [1.82, 2.24) is 5.32 Å². The molecular formula is C58H113NO3. The first-order chi connectivity index (χ1) is 30.7. The molecule has 0 aromatic carbocycles. The first-order valence-corrected chi connectivity index (χ1v) is 28.5. The van der Waals surface area contributed by atoms with Gasteiger partial charge in [-0.2, -0.15) is 0 Å². The van der Waals surface area contributed by atoms with Gasteiger partial charge in [0.1, 0.15) is 0 Å². The van der Waals surface area contributed by atoms with Gasteiger partial charge in [0.2, 0.25) is 5.91 Å². The SMILES string of the molecule is CCCCCCCCCCC/C=C\C/C=C\CCCCCCCCCCCC(=O)NC(CO)C(O)CCCCCCCCCCCCCCCCCCCCCCCCCCC. The van der Waals surface area contributed by atoms with Crippen LogP contribution in [-0.2, 0) is 4.79 Å². The van der Waals surface area contributed by atoms with E-state index in [1.807, 2.05) is 0 Å². The van der Waals surface area contributed by atoms with Crippen LogP contribution in [0.25, 0.3) is 0 Å². The molecule has 0 saturated carbocycles. The Hall–Kier alpha value is -1.13. The maximum absolute atomic E-state index is 12.5. The zero-order valence-corrected chi connectivity index (χ0v) is 42.4. The Balaban J connectivity index is 3.45. The molecule has 1 amide bonds. The number of carbonyl (C=O) groups excluding carboxylic acids is 1. The number of hydrogen-bond donors (Lipinski definition) is 3. The molecule has 0 heterocycles. The van der Waals surface area contributed by atoms with Gasteiger partial charge < -0.3 is 15.5 Å². The molecule has 3 N–H and O–H groups in total. The van der Waals surface area contributed by atoms with Gasteiger partial charge in [-0.3, -0.25) is 4.79 Å². The van der Waals surface area contributed by atoms with Gasteiger partial charge in [-0.15, -0.1) is 0 Å². The summed E-state index contributed by atoms with van der Waals surface area (Å²) >= 11 is 0. The molecule has 62 heavy (non-hydrogen) atoms. The van der Waals surface area contributed by atoms with Crippen LogP contribution in [0.2, 0.25) is 0 Å². The van der Waals surface area contributed by atoms with Gasteiger partial charge in [-0.25, -0.2) is 0 Å². The average molecular weight is 873 g/mol. The number of hydrogen-bond acceptors (Lipinski definition) is 3. The Bertz CT molecular complexity index is 901. The van der Waals surface area contributed by atoms with Crippen molar-refractivity contribution in [1.29, 1.82) is 0 Å². The molecule has 0 saturated heterocycles. The molecule has 2 unspecified atom stereocenters. The summed E-state index contributed by atoms with van der Waals surface area (Å²) < 4.78 is 0. The second kappa shape index (κ2) is 54.2. The van der Waals surface area contributed by atoms with Gasteiger partial charge in [0.25, 0.3) is 0 Å². The molecule has 0 fully saturated rings. The van der Waals surface area contributed by atoms with Gasteiger partial charge in [-0.1, -0.05) is 295 Å². The van der Waals surface area contributed by atoms with E-state index >= 15 is 0 Å². The first-order valence-electron chi connectivity index (χ1n) is 28.5. The standard InChI is InChI=1S/C58H113NO3/c1-3-5-7-9-11-13-15-17-19-21-23-25-27-29-31-33-35-37-39-41-43-45-47-49-51-53-57(61)56(55-60)59-58(62)54-52-50-48-46-44-42-40-38-36-34-32-30-28-26-24-22-20-18-16-14-12-10-8-6-4-2/h24,26,30,32,56-57,60-61H,3-23,25,27-29,31,33-55H2,1-2H3,(H,59,62)/b26-24-,32-30-. The highest BCUT2D eigenvalue weighted by molar-refractivity contribution is 5.76. The number of rotatable bonds is 53. The number of aliphatic hydroxyl groups is 2. The quantitative estimate of drug-likeness (QED) is 0.0421. The first kappa shape index (κ1) is 60.9. The Morgan fingerprint density at radius 2 is 0.661 bits per heavy atom. The zero-order valence-electron chi connectivity index (χ0n) is 42.4. The van der Waals surface area contributed by atoms with Crippen LogP contribution in [0, 0.1) is 0 Å². The lowest BCUT2D eigenvalue weighted by Gasteiger charge is -2.22. The van der Waals surface area contributed by atoms with E-state index in [1.54, 1.807) is 0 Å². The molecule has 0 aliphatic carbocycles. The Labute approximate surface area is 389 Å². The van der Waals surface area contributed by atoms with Gasteiger partial charge in [-0.05, 0) is 44.9 Å². The number of aliphatic hydroxyl groups excluding tert-OH is 2. The topological polar surface area (TPSA) is 69.6 Å². The van der Waals surface area contributed by atoms with Gasteiger partial charge >= 0.3 is 0 Å². The fourth-order valence-electron chi connectivity index (χ4n) is 9.10. The van der Waals surface area contributed by atoms with Crippen LogP contribution in [0.5, 0.6) is 0 Å². The Morgan fingerprint density at radius 3 is 0.968 bits per heavy atom. The fraction of sp³-hybridized carbons (Fsp3) is 0.914. The number of unbranched alkanes of at least 4 members (excludes halogenated alkanes) is 42. The van der Waals surface area contributed by atoms with Gasteiger partial charge in [0.15, 0.2) is 0 Å². The summed E-state index contributed by atoms with van der Waals surface area (Å²) in [7, 11) is 0. The van der Waals surface area contributed by atoms with Crippen molar-refractivity contribution in [2.24, 2.45) is 0 Å². The highest BCUT2D eigenvalue weighted by atomic mass is 16.3. The molecule has 0 radical (unpaired) electrons. The fourth-order valence-corrected chi connectivity index (χ4v) is 9.10. The molecule has 0 aromatic rings. The third-order valence-electron chi connectivity index (χ3n) is 13.5. The number of allylic oxidation sites excluding steroid dienone is 4. The molecule has 0 aliphatic heterocycles. The summed E-state index contributed by atoms with van der Waals surface area (Å²) in [6.07, 6.45) is 71.7. The smallest absolute Gasteiger partial charge is 0.220 e. The van der Waals surface area contributed by atoms with Crippen LogP contribution in [0.4, 0.5) is 0 Å². The maximum Gasteiger partial charge on any atom is 0.220 e. The highest BCUT2D eigenvalue weighted by Gasteiger charge is 2.20. The van der Waals surface area contributed by atoms with Crippen LogP contribution in [0.15, 0.2) is 24.3 Å². The summed E-state index contributed by atoms with van der Waals surface area (Å²) in [6.45, 7) is 4.39. The van der Waals surface area contributed by atoms with Crippen molar-refractivity contribution in [3.63, 3.8) is 0 Å². The van der Waals surface area contributed by atoms with E-state index in [9.17, 15) is 15.0 Å². The summed E-state index contributed by atoms with van der Waals surface area (Å²) in [4.78, 5) is 12.5. The summed E-state index contributed by atoms with van der Waals surface area (Å²) in [5.74, 6) is -0.0305. The minimum atomic E-state index is -0.661. The van der Waals surface area contributed by atoms with E-state index in [4.69, 9.17) is 0 Å². The monoisotopic (exact) mass is 872 g/mol. The number of carbonyl (C=O) groups is 1. The highest BCUT2D eigenvalue weighted by Crippen LogP contribution is 2.18. The molecule has 0 rings (SSSR count). The van der Waals surface area contributed by atoms with Gasteiger partial charge in [0.05, 0.1) is 18.8 Å². The zero-order chi connectivity index (χ0) is 44.9. The molecule has 4 nitrogen and oxygen atoms in total. The number of amides is 1. The third kappa shape index (κ3) is 49.9. The molecule has 368 valence electrons. The van der Waals surface area contributed by atoms with Gasteiger partial charge in [0, 0.05) is 6.42 Å². The predicted octanol–water partition coefficient (Wildman–Crippen LogP) is 18.7. The average Bonchev–Trinajstić information content (AvgIpc) is 3.28. The predicted molar refractivity (Wildman–Crippen MR) is 276 cm³/mol. The summed E-state index contributed by atoms with van der Waals surface area (Å²) in [5, 5.41) is 23.4. The van der Waals surface area contributed by atoms with Crippen molar-refractivity contribution < 1.29 is 15.0 Å². The van der Waals surface area contributed by atoms with E-state index in [2.05, 4.69) is 43.5 Å². The van der Waals surface area contributed by atoms with E-state index < -0.39 is 12.1 Å². The van der Waals surface area contributed by atoms with E-state index in [0.717, 1.165) is 32.1 Å². The van der Waals surface area contributed by atoms with Crippen molar-refractivity contribution in [2.45, 2.75) is 334 Å². The third-order valence-corrected chi connectivity index (χ3v) is 13.5. The summed E-state index contributed by atoms with van der Waals surface area (Å²) in [6, 6.07) is -0.539. The largest absolute Gasteiger partial charge is 0.394 e. The maximum atomic E-state index is 12.5. The Kier molecular flexibility index (Phi) is 53.2. The lowest BCUT2D eigenvalue weighted by molar-refractivity contribution is -0.123. The lowest BCUT2D eigenvalue weighted by Crippen LogP contribution is -2.45. The van der Waals surface area contributed by atoms with Crippen LogP contribution in [0.1, 0.15) is 322 Å². The summed E-state index contributed by atoms with van der Waals surface area (Å²) in [5.41, 5.74) is 0. The van der Waals surface area contributed by atoms with Crippen LogP contribution in [-0.4, -0.2) is 34.9 Å². The normalized spacial score (nSPS) is 12.9. The molecule has 4 heteroatoms. The van der Waals surface area contributed by atoms with Crippen molar-refractivity contribution in [3.8, 4) is 0 Å². The molecule has 0 aromatic heterocycles. The molecular weight excluding hydrogens is 759 g/mol. The molecule has 2 atom stereocenters.